The molecule has 0 unspecified atom stereocenters. The van der Waals surface area contributed by atoms with Crippen LogP contribution in [0.25, 0.3) is 0 Å². The van der Waals surface area contributed by atoms with Crippen molar-refractivity contribution in [3.8, 4) is 0 Å². The number of carbonyl (C=O) groups excluding carboxylic acids is 1. The molecular weight excluding hydrogens is 422 g/mol. The topological polar surface area (TPSA) is 50.7 Å². The monoisotopic (exact) mass is 456 g/mol. The van der Waals surface area contributed by atoms with Crippen molar-refractivity contribution in [2.45, 2.75) is 77.7 Å². The van der Waals surface area contributed by atoms with Crippen molar-refractivity contribution in [3.05, 3.63) is 11.7 Å². The van der Waals surface area contributed by atoms with Gasteiger partial charge in [-0.2, -0.15) is 8.78 Å². The van der Waals surface area contributed by atoms with Gasteiger partial charge in [0.15, 0.2) is 0 Å². The van der Waals surface area contributed by atoms with Crippen LogP contribution in [0.3, 0.4) is 0 Å². The molecule has 0 radical (unpaired) electrons. The summed E-state index contributed by atoms with van der Waals surface area (Å²) in [6.07, 6.45) is 5.76. The van der Waals surface area contributed by atoms with Gasteiger partial charge in [-0.1, -0.05) is 19.0 Å². The van der Waals surface area contributed by atoms with Crippen LogP contribution in [-0.4, -0.2) is 30.7 Å². The second kappa shape index (κ2) is 8.40. The van der Waals surface area contributed by atoms with Crippen LogP contribution < -0.4 is 5.32 Å². The number of allylic oxidation sites excluding steroid dienone is 1. The Morgan fingerprint density at radius 2 is 1.90 bits per heavy atom. The standard InChI is InChI=1S/C24H34F2N2O2.ClH/c1-23-8-5-14(28-30-15-7-10-27-13-15)11-20(23)17(22(25)26)12-16-18-3-4-21(29)24(18,2)9-6-19(16)23;/h15-16,18-20,27H,3-13H2,1-2H3;1H/t15-,16+,18+,19+,20-,23-,24+;/m1./s1. The van der Waals surface area contributed by atoms with Crippen LogP contribution in [0.5, 0.6) is 0 Å². The Labute approximate surface area is 190 Å². The van der Waals surface area contributed by atoms with Crippen molar-refractivity contribution in [1.29, 1.82) is 0 Å². The van der Waals surface area contributed by atoms with Crippen LogP contribution in [-0.2, 0) is 9.63 Å². The van der Waals surface area contributed by atoms with E-state index in [4.69, 9.17) is 4.84 Å². The molecule has 4 saturated carbocycles. The van der Waals surface area contributed by atoms with Gasteiger partial charge >= 0.3 is 0 Å². The minimum Gasteiger partial charge on any atom is -0.391 e. The molecule has 1 heterocycles. The number of ketones is 1. The summed E-state index contributed by atoms with van der Waals surface area (Å²) in [7, 11) is 0. The lowest BCUT2D eigenvalue weighted by molar-refractivity contribution is -0.134. The Morgan fingerprint density at radius 3 is 2.61 bits per heavy atom. The number of carbonyl (C=O) groups is 1. The van der Waals surface area contributed by atoms with Gasteiger partial charge in [0, 0.05) is 24.8 Å². The smallest absolute Gasteiger partial charge is 0.269 e. The SMILES string of the molecule is C[C@]12CCC(=NO[C@@H]3CCNC3)C[C@@H]1C(=C(F)F)C[C@@H]1[C@@H]2CC[C@]2(C)C(=O)CC[C@@H]12.Cl. The number of Topliss-reactive ketones (excluding diaryl/α,β-unsaturated/α-hetero) is 1. The molecule has 5 aliphatic rings. The first kappa shape index (κ1) is 23.2. The van der Waals surface area contributed by atoms with Crippen molar-refractivity contribution >= 4 is 23.9 Å². The van der Waals surface area contributed by atoms with Gasteiger partial charge in [0.05, 0.1) is 5.71 Å². The van der Waals surface area contributed by atoms with Crippen molar-refractivity contribution in [2.75, 3.05) is 13.1 Å². The van der Waals surface area contributed by atoms with Gasteiger partial charge in [0.2, 0.25) is 0 Å². The third kappa shape index (κ3) is 3.66. The molecule has 0 amide bonds. The number of rotatable bonds is 2. The molecule has 0 aromatic heterocycles. The molecule has 1 N–H and O–H groups in total. The number of nitrogens with zero attached hydrogens (tertiary/aromatic N) is 1. The number of halogens is 3. The molecule has 4 nitrogen and oxygen atoms in total. The summed E-state index contributed by atoms with van der Waals surface area (Å²) in [5.74, 6) is 1.12. The summed E-state index contributed by atoms with van der Waals surface area (Å²) < 4.78 is 28.5. The van der Waals surface area contributed by atoms with E-state index in [9.17, 15) is 13.6 Å². The van der Waals surface area contributed by atoms with E-state index >= 15 is 0 Å². The fraction of sp³-hybridized carbons (Fsp3) is 0.833. The van der Waals surface area contributed by atoms with E-state index in [0.29, 0.717) is 36.5 Å². The van der Waals surface area contributed by atoms with Gasteiger partial charge in [-0.15, -0.1) is 12.4 Å². The zero-order valence-electron chi connectivity index (χ0n) is 18.6. The molecular formula is C24H35ClF2N2O2. The average Bonchev–Trinajstić information content (AvgIpc) is 3.34. The van der Waals surface area contributed by atoms with E-state index in [1.807, 2.05) is 0 Å². The molecule has 4 aliphatic carbocycles. The molecule has 1 aliphatic heterocycles. The second-order valence-electron chi connectivity index (χ2n) is 10.9. The number of nitrogens with one attached hydrogen (secondary N) is 1. The summed E-state index contributed by atoms with van der Waals surface area (Å²) in [4.78, 5) is 18.3. The minimum absolute atomic E-state index is 0. The van der Waals surface area contributed by atoms with Crippen LogP contribution in [0.1, 0.15) is 71.6 Å². The fourth-order valence-electron chi connectivity index (χ4n) is 7.84. The number of hydrogen-bond donors (Lipinski definition) is 1. The van der Waals surface area contributed by atoms with Crippen molar-refractivity contribution < 1.29 is 18.4 Å². The third-order valence-corrected chi connectivity index (χ3v) is 9.65. The second-order valence-corrected chi connectivity index (χ2v) is 10.9. The molecule has 0 bridgehead atoms. The van der Waals surface area contributed by atoms with Crippen LogP contribution in [0.2, 0.25) is 0 Å². The Balaban J connectivity index is 0.00000231. The molecule has 0 spiro atoms. The van der Waals surface area contributed by atoms with Gasteiger partial charge in [0.1, 0.15) is 11.9 Å². The van der Waals surface area contributed by atoms with E-state index in [-0.39, 0.29) is 47.1 Å². The van der Waals surface area contributed by atoms with Gasteiger partial charge in [-0.25, -0.2) is 0 Å². The molecule has 5 rings (SSSR count). The highest BCUT2D eigenvalue weighted by Gasteiger charge is 2.61. The molecule has 31 heavy (non-hydrogen) atoms. The van der Waals surface area contributed by atoms with Crippen LogP contribution in [0, 0.1) is 34.5 Å². The Bertz CT molecular complexity index is 792. The van der Waals surface area contributed by atoms with Gasteiger partial charge < -0.3 is 10.2 Å². The lowest BCUT2D eigenvalue weighted by Gasteiger charge is -2.59. The Morgan fingerprint density at radius 1 is 1.10 bits per heavy atom. The summed E-state index contributed by atoms with van der Waals surface area (Å²) in [6, 6.07) is 0. The minimum atomic E-state index is -1.50. The first-order valence-corrected chi connectivity index (χ1v) is 11.8. The van der Waals surface area contributed by atoms with E-state index in [0.717, 1.165) is 57.3 Å². The highest BCUT2D eigenvalue weighted by atomic mass is 35.5. The summed E-state index contributed by atoms with van der Waals surface area (Å²) in [6.45, 7) is 6.11. The maximum Gasteiger partial charge on any atom is 0.269 e. The maximum atomic E-state index is 14.2. The molecule has 0 aromatic rings. The van der Waals surface area contributed by atoms with Crippen molar-refractivity contribution in [3.63, 3.8) is 0 Å². The highest BCUT2D eigenvalue weighted by molar-refractivity contribution is 5.87. The summed E-state index contributed by atoms with van der Waals surface area (Å²) in [5, 5.41) is 7.69. The fourth-order valence-corrected chi connectivity index (χ4v) is 7.84. The summed E-state index contributed by atoms with van der Waals surface area (Å²) >= 11 is 0. The summed E-state index contributed by atoms with van der Waals surface area (Å²) in [5.41, 5.74) is 0.866. The van der Waals surface area contributed by atoms with Crippen LogP contribution in [0.15, 0.2) is 16.8 Å². The van der Waals surface area contributed by atoms with Gasteiger partial charge in [-0.3, -0.25) is 4.79 Å². The van der Waals surface area contributed by atoms with E-state index in [1.54, 1.807) is 0 Å². The van der Waals surface area contributed by atoms with E-state index < -0.39 is 6.08 Å². The largest absolute Gasteiger partial charge is 0.391 e. The first-order chi connectivity index (χ1) is 14.3. The maximum absolute atomic E-state index is 14.2. The predicted octanol–water partition coefficient (Wildman–Crippen LogP) is 5.52. The Kier molecular flexibility index (Phi) is 6.28. The van der Waals surface area contributed by atoms with E-state index in [1.165, 1.54) is 0 Å². The van der Waals surface area contributed by atoms with Crippen LogP contribution in [0.4, 0.5) is 8.78 Å². The Hall–Kier alpha value is -1.01. The average molecular weight is 457 g/mol. The molecule has 5 fully saturated rings. The number of oxime groups is 1. The molecule has 7 heteroatoms. The quantitative estimate of drug-likeness (QED) is 0.557. The number of hydrogen-bond acceptors (Lipinski definition) is 4. The zero-order valence-corrected chi connectivity index (χ0v) is 19.4. The van der Waals surface area contributed by atoms with Gasteiger partial charge in [-0.05, 0) is 86.2 Å². The molecule has 7 atom stereocenters. The third-order valence-electron chi connectivity index (χ3n) is 9.65. The van der Waals surface area contributed by atoms with Crippen molar-refractivity contribution in [2.24, 2.45) is 39.7 Å². The van der Waals surface area contributed by atoms with Crippen LogP contribution >= 0.6 is 12.4 Å². The predicted molar refractivity (Wildman–Crippen MR) is 118 cm³/mol. The van der Waals surface area contributed by atoms with Crippen molar-refractivity contribution in [1.82, 2.24) is 5.32 Å². The normalized spacial score (nSPS) is 45.5. The molecule has 1 saturated heterocycles. The van der Waals surface area contributed by atoms with E-state index in [2.05, 4.69) is 24.3 Å². The lowest BCUT2D eigenvalue weighted by atomic mass is 9.44. The lowest BCUT2D eigenvalue weighted by Crippen LogP contribution is -2.54. The molecule has 174 valence electrons. The number of fused-ring (bicyclic) bond motifs is 5. The first-order valence-electron chi connectivity index (χ1n) is 11.8. The highest BCUT2D eigenvalue weighted by Crippen LogP contribution is 2.66. The molecule has 0 aromatic carbocycles. The van der Waals surface area contributed by atoms with Gasteiger partial charge in [0.25, 0.3) is 6.08 Å². The zero-order chi connectivity index (χ0) is 21.1.